The molecule has 1 saturated heterocycles. The van der Waals surface area contributed by atoms with Crippen LogP contribution in [0.15, 0.2) is 12.1 Å². The van der Waals surface area contributed by atoms with E-state index in [0.29, 0.717) is 16.5 Å². The van der Waals surface area contributed by atoms with Gasteiger partial charge in [0.05, 0.1) is 5.02 Å². The van der Waals surface area contributed by atoms with Crippen molar-refractivity contribution in [3.8, 4) is 0 Å². The Kier molecular flexibility index (Phi) is 4.83. The number of rotatable bonds is 2. The minimum atomic E-state index is -0.0881. The average molecular weight is 297 g/mol. The first-order valence-corrected chi connectivity index (χ1v) is 7.24. The number of amides is 1. The Balaban J connectivity index is 2.25. The highest BCUT2D eigenvalue weighted by Gasteiger charge is 2.27. The molecule has 2 rings (SSSR count). The molecule has 1 amide bonds. The number of aromatic nitrogens is 1. The van der Waals surface area contributed by atoms with Crippen molar-refractivity contribution in [3.05, 3.63) is 22.8 Å². The molecule has 2 heterocycles. The molecule has 5 nitrogen and oxygen atoms in total. The van der Waals surface area contributed by atoms with E-state index >= 15 is 0 Å². The van der Waals surface area contributed by atoms with Crippen LogP contribution in [0.2, 0.25) is 5.02 Å². The summed E-state index contributed by atoms with van der Waals surface area (Å²) in [5.74, 6) is 0.562. The number of hydrogen-bond acceptors (Lipinski definition) is 4. The van der Waals surface area contributed by atoms with E-state index in [1.165, 1.54) is 0 Å². The monoisotopic (exact) mass is 296 g/mol. The molecule has 1 atom stereocenters. The first-order chi connectivity index (χ1) is 9.52. The predicted octanol–water partition coefficient (Wildman–Crippen LogP) is 1.94. The van der Waals surface area contributed by atoms with Crippen LogP contribution >= 0.6 is 11.6 Å². The van der Waals surface area contributed by atoms with Gasteiger partial charge in [-0.3, -0.25) is 4.79 Å². The van der Waals surface area contributed by atoms with Crippen molar-refractivity contribution in [2.75, 3.05) is 39.0 Å². The van der Waals surface area contributed by atoms with E-state index in [2.05, 4.69) is 29.2 Å². The number of anilines is 1. The van der Waals surface area contributed by atoms with Crippen LogP contribution in [0.5, 0.6) is 0 Å². The Bertz CT molecular complexity index is 494. The number of pyridine rings is 1. The van der Waals surface area contributed by atoms with Gasteiger partial charge in [0, 0.05) is 26.2 Å². The standard InChI is InChI=1S/C14H21ClN4O/c1-10-9-18(3)7-4-8-19(10)14(20)13-11(15)5-6-12(16-2)17-13/h5-6,10H,4,7-9H2,1-3H3,(H,16,17). The van der Waals surface area contributed by atoms with Gasteiger partial charge in [-0.05, 0) is 39.1 Å². The van der Waals surface area contributed by atoms with Gasteiger partial charge in [0.25, 0.3) is 5.91 Å². The van der Waals surface area contributed by atoms with Crippen molar-refractivity contribution < 1.29 is 4.79 Å². The molecular weight excluding hydrogens is 276 g/mol. The summed E-state index contributed by atoms with van der Waals surface area (Å²) in [5, 5.41) is 3.34. The Morgan fingerprint density at radius 1 is 1.45 bits per heavy atom. The van der Waals surface area contributed by atoms with Crippen molar-refractivity contribution in [1.82, 2.24) is 14.8 Å². The van der Waals surface area contributed by atoms with E-state index in [1.807, 2.05) is 4.90 Å². The Morgan fingerprint density at radius 3 is 2.90 bits per heavy atom. The van der Waals surface area contributed by atoms with Gasteiger partial charge in [-0.2, -0.15) is 0 Å². The average Bonchev–Trinajstić information content (AvgIpc) is 2.59. The lowest BCUT2D eigenvalue weighted by atomic mass is 10.2. The van der Waals surface area contributed by atoms with Gasteiger partial charge in [0.15, 0.2) is 0 Å². The molecule has 0 aliphatic carbocycles. The predicted molar refractivity (Wildman–Crippen MR) is 81.4 cm³/mol. The van der Waals surface area contributed by atoms with Crippen molar-refractivity contribution >= 4 is 23.3 Å². The van der Waals surface area contributed by atoms with Crippen LogP contribution in [-0.4, -0.2) is 60.5 Å². The number of nitrogens with zero attached hydrogens (tertiary/aromatic N) is 3. The molecule has 0 spiro atoms. The third-order valence-electron chi connectivity index (χ3n) is 3.61. The SMILES string of the molecule is CNc1ccc(Cl)c(C(=O)N2CCCN(C)CC2C)n1. The number of carbonyl (C=O) groups is 1. The van der Waals surface area contributed by atoms with E-state index in [1.54, 1.807) is 19.2 Å². The summed E-state index contributed by atoms with van der Waals surface area (Å²) in [5.41, 5.74) is 0.329. The van der Waals surface area contributed by atoms with Crippen molar-refractivity contribution in [1.29, 1.82) is 0 Å². The zero-order chi connectivity index (χ0) is 14.7. The van der Waals surface area contributed by atoms with E-state index in [0.717, 1.165) is 26.1 Å². The maximum atomic E-state index is 12.7. The van der Waals surface area contributed by atoms with Crippen LogP contribution < -0.4 is 5.32 Å². The van der Waals surface area contributed by atoms with E-state index < -0.39 is 0 Å². The minimum Gasteiger partial charge on any atom is -0.373 e. The lowest BCUT2D eigenvalue weighted by molar-refractivity contribution is 0.0691. The molecule has 0 aromatic carbocycles. The molecule has 0 bridgehead atoms. The van der Waals surface area contributed by atoms with Crippen LogP contribution in [0.3, 0.4) is 0 Å². The number of likely N-dealkylation sites (N-methyl/N-ethyl adjacent to an activating group) is 1. The Morgan fingerprint density at radius 2 is 2.20 bits per heavy atom. The van der Waals surface area contributed by atoms with Gasteiger partial charge in [-0.15, -0.1) is 0 Å². The molecule has 0 saturated carbocycles. The molecule has 1 aromatic rings. The maximum Gasteiger partial charge on any atom is 0.274 e. The summed E-state index contributed by atoms with van der Waals surface area (Å²) in [4.78, 5) is 21.1. The topological polar surface area (TPSA) is 48.5 Å². The fourth-order valence-corrected chi connectivity index (χ4v) is 2.73. The Hall–Kier alpha value is -1.33. The lowest BCUT2D eigenvalue weighted by Gasteiger charge is -2.28. The zero-order valence-corrected chi connectivity index (χ0v) is 12.9. The van der Waals surface area contributed by atoms with Crippen LogP contribution in [-0.2, 0) is 0 Å². The highest BCUT2D eigenvalue weighted by molar-refractivity contribution is 6.33. The van der Waals surface area contributed by atoms with Gasteiger partial charge < -0.3 is 15.1 Å². The fraction of sp³-hybridized carbons (Fsp3) is 0.571. The number of carbonyl (C=O) groups excluding carboxylic acids is 1. The zero-order valence-electron chi connectivity index (χ0n) is 12.2. The molecule has 1 N–H and O–H groups in total. The van der Waals surface area contributed by atoms with Gasteiger partial charge >= 0.3 is 0 Å². The van der Waals surface area contributed by atoms with Crippen LogP contribution in [0.25, 0.3) is 0 Å². The molecule has 110 valence electrons. The van der Waals surface area contributed by atoms with Gasteiger partial charge in [-0.1, -0.05) is 11.6 Å². The Labute approximate surface area is 124 Å². The van der Waals surface area contributed by atoms with Gasteiger partial charge in [0.1, 0.15) is 11.5 Å². The van der Waals surface area contributed by atoms with Gasteiger partial charge in [0.2, 0.25) is 0 Å². The summed E-state index contributed by atoms with van der Waals surface area (Å²) in [7, 11) is 3.85. The second-order valence-electron chi connectivity index (χ2n) is 5.24. The lowest BCUT2D eigenvalue weighted by Crippen LogP contribution is -2.42. The van der Waals surface area contributed by atoms with Gasteiger partial charge in [-0.25, -0.2) is 4.98 Å². The normalized spacial score (nSPS) is 20.6. The molecule has 1 aliphatic rings. The first-order valence-electron chi connectivity index (χ1n) is 6.86. The molecule has 20 heavy (non-hydrogen) atoms. The van der Waals surface area contributed by atoms with E-state index in [9.17, 15) is 4.79 Å². The molecule has 0 radical (unpaired) electrons. The number of nitrogens with one attached hydrogen (secondary N) is 1. The third-order valence-corrected chi connectivity index (χ3v) is 3.92. The largest absolute Gasteiger partial charge is 0.373 e. The van der Waals surface area contributed by atoms with Crippen LogP contribution in [0.4, 0.5) is 5.82 Å². The van der Waals surface area contributed by atoms with Crippen LogP contribution in [0.1, 0.15) is 23.8 Å². The highest BCUT2D eigenvalue weighted by Crippen LogP contribution is 2.20. The van der Waals surface area contributed by atoms with Crippen molar-refractivity contribution in [2.45, 2.75) is 19.4 Å². The molecular formula is C14H21ClN4O. The van der Waals surface area contributed by atoms with Crippen molar-refractivity contribution in [3.63, 3.8) is 0 Å². The quantitative estimate of drug-likeness (QED) is 0.906. The third kappa shape index (κ3) is 3.22. The second kappa shape index (κ2) is 6.41. The summed E-state index contributed by atoms with van der Waals surface area (Å²) in [6.45, 7) is 4.68. The second-order valence-corrected chi connectivity index (χ2v) is 5.65. The molecule has 6 heteroatoms. The highest BCUT2D eigenvalue weighted by atomic mass is 35.5. The van der Waals surface area contributed by atoms with Crippen molar-refractivity contribution in [2.24, 2.45) is 0 Å². The van der Waals surface area contributed by atoms with E-state index in [-0.39, 0.29) is 11.9 Å². The summed E-state index contributed by atoms with van der Waals surface area (Å²) in [6.07, 6.45) is 0.968. The van der Waals surface area contributed by atoms with Crippen LogP contribution in [0, 0.1) is 0 Å². The summed E-state index contributed by atoms with van der Waals surface area (Å²) in [6, 6.07) is 3.63. The minimum absolute atomic E-state index is 0.0881. The summed E-state index contributed by atoms with van der Waals surface area (Å²) < 4.78 is 0. The first kappa shape index (κ1) is 15.1. The molecule has 1 fully saturated rings. The fourth-order valence-electron chi connectivity index (χ4n) is 2.54. The maximum absolute atomic E-state index is 12.7. The molecule has 1 aromatic heterocycles. The number of halogens is 1. The summed E-state index contributed by atoms with van der Waals surface area (Å²) >= 11 is 6.14. The molecule has 1 aliphatic heterocycles. The van der Waals surface area contributed by atoms with E-state index in [4.69, 9.17) is 11.6 Å². The smallest absolute Gasteiger partial charge is 0.274 e. The number of hydrogen-bond donors (Lipinski definition) is 1. The molecule has 1 unspecified atom stereocenters.